The van der Waals surface area contributed by atoms with E-state index >= 15 is 0 Å². The molecule has 0 radical (unpaired) electrons. The minimum Gasteiger partial charge on any atom is -0.486 e. The number of halogens is 2. The van der Waals surface area contributed by atoms with E-state index in [-0.39, 0.29) is 6.42 Å². The standard InChI is InChI=1S/C14H13Cl2NO3/c1-7-3-4-9-10(15)6-11(16)14(13(9)17-7)20-8(2)5-12(18)19/h3-4,6,8H,5H2,1-2H3,(H,18,19)/t8-/m1/s1. The van der Waals surface area contributed by atoms with E-state index in [1.807, 2.05) is 19.1 Å². The molecule has 0 saturated carbocycles. The van der Waals surface area contributed by atoms with Gasteiger partial charge in [-0.15, -0.1) is 0 Å². The molecule has 2 aromatic rings. The molecule has 0 fully saturated rings. The topological polar surface area (TPSA) is 59.4 Å². The number of rotatable bonds is 4. The first-order valence-electron chi connectivity index (χ1n) is 6.02. The van der Waals surface area contributed by atoms with Crippen LogP contribution in [0, 0.1) is 6.92 Å². The van der Waals surface area contributed by atoms with Crippen LogP contribution in [0.4, 0.5) is 0 Å². The Morgan fingerprint density at radius 1 is 1.40 bits per heavy atom. The zero-order chi connectivity index (χ0) is 14.9. The van der Waals surface area contributed by atoms with E-state index in [1.54, 1.807) is 13.0 Å². The molecule has 0 amide bonds. The summed E-state index contributed by atoms with van der Waals surface area (Å²) in [6.45, 7) is 3.51. The smallest absolute Gasteiger partial charge is 0.307 e. The number of benzene rings is 1. The third-order valence-electron chi connectivity index (χ3n) is 2.76. The Kier molecular flexibility index (Phi) is 4.35. The Bertz CT molecular complexity index is 673. The number of carbonyl (C=O) groups is 1. The highest BCUT2D eigenvalue weighted by Gasteiger charge is 2.17. The van der Waals surface area contributed by atoms with Gasteiger partial charge in [-0.1, -0.05) is 23.2 Å². The molecule has 4 nitrogen and oxygen atoms in total. The lowest BCUT2D eigenvalue weighted by Gasteiger charge is -2.16. The lowest BCUT2D eigenvalue weighted by Crippen LogP contribution is -2.17. The van der Waals surface area contributed by atoms with Crippen molar-refractivity contribution in [2.75, 3.05) is 0 Å². The Morgan fingerprint density at radius 2 is 2.10 bits per heavy atom. The average molecular weight is 314 g/mol. The molecule has 1 N–H and O–H groups in total. The van der Waals surface area contributed by atoms with Crippen LogP contribution in [0.25, 0.3) is 10.9 Å². The van der Waals surface area contributed by atoms with E-state index in [9.17, 15) is 4.79 Å². The number of carboxylic acid groups (broad SMARTS) is 1. The first kappa shape index (κ1) is 14.9. The number of nitrogens with zero attached hydrogens (tertiary/aromatic N) is 1. The van der Waals surface area contributed by atoms with Crippen LogP contribution < -0.4 is 4.74 Å². The van der Waals surface area contributed by atoms with Crippen molar-refractivity contribution in [3.05, 3.63) is 33.9 Å². The maximum atomic E-state index is 10.7. The molecular formula is C14H13Cl2NO3. The predicted octanol–water partition coefficient (Wildman–Crippen LogP) is 4.09. The van der Waals surface area contributed by atoms with Crippen LogP contribution in [0.1, 0.15) is 19.0 Å². The molecule has 0 aliphatic carbocycles. The average Bonchev–Trinajstić information content (AvgIpc) is 2.33. The summed E-state index contributed by atoms with van der Waals surface area (Å²) in [6, 6.07) is 5.25. The largest absolute Gasteiger partial charge is 0.486 e. The second-order valence-electron chi connectivity index (χ2n) is 4.54. The number of fused-ring (bicyclic) bond motifs is 1. The number of pyridine rings is 1. The Balaban J connectivity index is 2.51. The van der Waals surface area contributed by atoms with Crippen LogP contribution >= 0.6 is 23.2 Å². The fourth-order valence-electron chi connectivity index (χ4n) is 1.89. The van der Waals surface area contributed by atoms with Crippen LogP contribution in [0.15, 0.2) is 18.2 Å². The minimum absolute atomic E-state index is 0.119. The van der Waals surface area contributed by atoms with Gasteiger partial charge in [0.25, 0.3) is 0 Å². The summed E-state index contributed by atoms with van der Waals surface area (Å²) in [4.78, 5) is 15.1. The molecule has 1 atom stereocenters. The van der Waals surface area contributed by atoms with Crippen molar-refractivity contribution >= 4 is 40.1 Å². The maximum absolute atomic E-state index is 10.7. The van der Waals surface area contributed by atoms with Crippen molar-refractivity contribution in [1.82, 2.24) is 4.98 Å². The molecule has 0 saturated heterocycles. The van der Waals surface area contributed by atoms with E-state index in [1.165, 1.54) is 0 Å². The highest BCUT2D eigenvalue weighted by Crippen LogP contribution is 2.37. The fraction of sp³-hybridized carbons (Fsp3) is 0.286. The normalized spacial score (nSPS) is 12.4. The molecule has 6 heteroatoms. The van der Waals surface area contributed by atoms with Crippen molar-refractivity contribution in [3.63, 3.8) is 0 Å². The molecular weight excluding hydrogens is 301 g/mol. The van der Waals surface area contributed by atoms with Crippen LogP contribution in [-0.4, -0.2) is 22.2 Å². The number of carboxylic acids is 1. The number of ether oxygens (including phenoxy) is 1. The van der Waals surface area contributed by atoms with Crippen molar-refractivity contribution in [1.29, 1.82) is 0 Å². The first-order valence-corrected chi connectivity index (χ1v) is 6.78. The highest BCUT2D eigenvalue weighted by atomic mass is 35.5. The van der Waals surface area contributed by atoms with Crippen LogP contribution in [-0.2, 0) is 4.79 Å². The highest BCUT2D eigenvalue weighted by molar-refractivity contribution is 6.39. The summed E-state index contributed by atoms with van der Waals surface area (Å²) in [5.41, 5.74) is 1.34. The lowest BCUT2D eigenvalue weighted by atomic mass is 10.2. The van der Waals surface area contributed by atoms with E-state index < -0.39 is 12.1 Å². The van der Waals surface area contributed by atoms with Gasteiger partial charge in [0.05, 0.1) is 16.5 Å². The van der Waals surface area contributed by atoms with Crippen molar-refractivity contribution in [2.24, 2.45) is 0 Å². The first-order chi connectivity index (χ1) is 9.38. The molecule has 106 valence electrons. The summed E-state index contributed by atoms with van der Waals surface area (Å²) in [6.07, 6.45) is -0.636. The van der Waals surface area contributed by atoms with Gasteiger partial charge in [0.15, 0.2) is 5.75 Å². The third-order valence-corrected chi connectivity index (χ3v) is 3.35. The maximum Gasteiger partial charge on any atom is 0.307 e. The molecule has 0 bridgehead atoms. The molecule has 20 heavy (non-hydrogen) atoms. The summed E-state index contributed by atoms with van der Waals surface area (Å²) >= 11 is 12.3. The monoisotopic (exact) mass is 313 g/mol. The van der Waals surface area contributed by atoms with E-state index in [0.717, 1.165) is 11.1 Å². The van der Waals surface area contributed by atoms with Gasteiger partial charge in [-0.25, -0.2) is 4.98 Å². The number of hydrogen-bond donors (Lipinski definition) is 1. The van der Waals surface area contributed by atoms with Gasteiger partial charge in [0.1, 0.15) is 11.6 Å². The van der Waals surface area contributed by atoms with Crippen LogP contribution in [0.5, 0.6) is 5.75 Å². The summed E-state index contributed by atoms with van der Waals surface area (Å²) in [5, 5.41) is 10.3. The Labute approximate surface area is 126 Å². The SMILES string of the molecule is Cc1ccc2c(Cl)cc(Cl)c(O[C@H](C)CC(=O)O)c2n1. The number of hydrogen-bond acceptors (Lipinski definition) is 3. The second-order valence-corrected chi connectivity index (χ2v) is 5.36. The molecule has 2 rings (SSSR count). The van der Waals surface area contributed by atoms with Crippen LogP contribution in [0.3, 0.4) is 0 Å². The van der Waals surface area contributed by atoms with Gasteiger partial charge >= 0.3 is 5.97 Å². The van der Waals surface area contributed by atoms with Gasteiger partial charge in [0, 0.05) is 11.1 Å². The van der Waals surface area contributed by atoms with Crippen LogP contribution in [0.2, 0.25) is 10.0 Å². The zero-order valence-corrected chi connectivity index (χ0v) is 12.5. The third kappa shape index (κ3) is 3.14. The van der Waals surface area contributed by atoms with Crippen molar-refractivity contribution < 1.29 is 14.6 Å². The van der Waals surface area contributed by atoms with Crippen molar-refractivity contribution in [2.45, 2.75) is 26.4 Å². The summed E-state index contributed by atoms with van der Waals surface area (Å²) < 4.78 is 5.65. The summed E-state index contributed by atoms with van der Waals surface area (Å²) in [5.74, 6) is -0.570. The van der Waals surface area contributed by atoms with E-state index in [0.29, 0.717) is 21.3 Å². The molecule has 1 aromatic heterocycles. The van der Waals surface area contributed by atoms with Crippen molar-refractivity contribution in [3.8, 4) is 5.75 Å². The lowest BCUT2D eigenvalue weighted by molar-refractivity contribution is -0.138. The zero-order valence-electron chi connectivity index (χ0n) is 11.0. The molecule has 1 aromatic carbocycles. The number of aryl methyl sites for hydroxylation is 1. The molecule has 0 spiro atoms. The molecule has 1 heterocycles. The van der Waals surface area contributed by atoms with Gasteiger partial charge in [-0.2, -0.15) is 0 Å². The molecule has 0 unspecified atom stereocenters. The Hall–Kier alpha value is -1.52. The molecule has 0 aliphatic heterocycles. The number of aliphatic carboxylic acids is 1. The van der Waals surface area contributed by atoms with Gasteiger partial charge in [-0.05, 0) is 32.0 Å². The van der Waals surface area contributed by atoms with Gasteiger partial charge in [0.2, 0.25) is 0 Å². The quantitative estimate of drug-likeness (QED) is 0.923. The summed E-state index contributed by atoms with van der Waals surface area (Å²) in [7, 11) is 0. The van der Waals surface area contributed by atoms with E-state index in [2.05, 4.69) is 4.98 Å². The van der Waals surface area contributed by atoms with Gasteiger partial charge < -0.3 is 9.84 Å². The van der Waals surface area contributed by atoms with E-state index in [4.69, 9.17) is 33.0 Å². The number of aromatic nitrogens is 1. The fourth-order valence-corrected chi connectivity index (χ4v) is 2.45. The predicted molar refractivity (Wildman–Crippen MR) is 78.8 cm³/mol. The Morgan fingerprint density at radius 3 is 2.75 bits per heavy atom. The molecule has 0 aliphatic rings. The second kappa shape index (κ2) is 5.85. The van der Waals surface area contributed by atoms with Gasteiger partial charge in [-0.3, -0.25) is 4.79 Å². The minimum atomic E-state index is -0.934.